The SMILES string of the molecule is CC=C=C1CC(C(=O)OC)C1(C)C. The Morgan fingerprint density at radius 1 is 1.69 bits per heavy atom. The van der Waals surface area contributed by atoms with Crippen molar-refractivity contribution in [3.8, 4) is 0 Å². The maximum atomic E-state index is 11.3. The standard InChI is InChI=1S/C11H16O2/c1-5-6-8-7-9(10(12)13-4)11(8,2)3/h5,9H,7H2,1-4H3. The van der Waals surface area contributed by atoms with Crippen molar-refractivity contribution >= 4 is 5.97 Å². The number of ether oxygens (including phenoxy) is 1. The van der Waals surface area contributed by atoms with E-state index in [0.29, 0.717) is 0 Å². The minimum atomic E-state index is -0.105. The third-order valence-electron chi connectivity index (χ3n) is 2.86. The van der Waals surface area contributed by atoms with Gasteiger partial charge in [-0.3, -0.25) is 4.79 Å². The Hall–Kier alpha value is -1.01. The predicted octanol–water partition coefficient (Wildman–Crippen LogP) is 2.31. The zero-order valence-corrected chi connectivity index (χ0v) is 8.68. The summed E-state index contributed by atoms with van der Waals surface area (Å²) in [6.45, 7) is 6.06. The highest BCUT2D eigenvalue weighted by Crippen LogP contribution is 2.50. The molecule has 0 heterocycles. The van der Waals surface area contributed by atoms with Crippen molar-refractivity contribution in [1.29, 1.82) is 0 Å². The minimum absolute atomic E-state index is 0.0138. The molecule has 1 rings (SSSR count). The molecule has 1 aliphatic carbocycles. The Bertz CT molecular complexity index is 280. The lowest BCUT2D eigenvalue weighted by Crippen LogP contribution is -2.43. The van der Waals surface area contributed by atoms with Crippen LogP contribution in [0.5, 0.6) is 0 Å². The first-order valence-electron chi connectivity index (χ1n) is 4.52. The van der Waals surface area contributed by atoms with Crippen LogP contribution in [0.1, 0.15) is 27.2 Å². The van der Waals surface area contributed by atoms with E-state index in [1.54, 1.807) is 0 Å². The smallest absolute Gasteiger partial charge is 0.309 e. The van der Waals surface area contributed by atoms with Gasteiger partial charge in [-0.2, -0.15) is 0 Å². The number of hydrogen-bond donors (Lipinski definition) is 0. The molecule has 1 unspecified atom stereocenters. The van der Waals surface area contributed by atoms with Crippen molar-refractivity contribution in [2.24, 2.45) is 11.3 Å². The number of carbonyl (C=O) groups excluding carboxylic acids is 1. The molecule has 0 bridgehead atoms. The van der Waals surface area contributed by atoms with Gasteiger partial charge in [0.1, 0.15) is 0 Å². The summed E-state index contributed by atoms with van der Waals surface area (Å²) < 4.78 is 4.73. The summed E-state index contributed by atoms with van der Waals surface area (Å²) >= 11 is 0. The molecule has 13 heavy (non-hydrogen) atoms. The summed E-state index contributed by atoms with van der Waals surface area (Å²) in [6, 6.07) is 0. The third-order valence-corrected chi connectivity index (χ3v) is 2.86. The number of rotatable bonds is 1. The summed E-state index contributed by atoms with van der Waals surface area (Å²) in [5, 5.41) is 0. The van der Waals surface area contributed by atoms with Crippen LogP contribution in [0.4, 0.5) is 0 Å². The van der Waals surface area contributed by atoms with Crippen molar-refractivity contribution in [3.63, 3.8) is 0 Å². The average Bonchev–Trinajstić information content (AvgIpc) is 2.10. The van der Waals surface area contributed by atoms with Crippen LogP contribution in [-0.4, -0.2) is 13.1 Å². The molecule has 0 amide bonds. The van der Waals surface area contributed by atoms with Gasteiger partial charge in [-0.25, -0.2) is 0 Å². The molecule has 72 valence electrons. The molecule has 1 atom stereocenters. The van der Waals surface area contributed by atoms with Gasteiger partial charge in [0, 0.05) is 5.41 Å². The first-order valence-corrected chi connectivity index (χ1v) is 4.52. The van der Waals surface area contributed by atoms with Crippen LogP contribution < -0.4 is 0 Å². The van der Waals surface area contributed by atoms with E-state index in [-0.39, 0.29) is 17.3 Å². The Balaban J connectivity index is 2.81. The number of esters is 1. The first kappa shape index (κ1) is 10.1. The fourth-order valence-electron chi connectivity index (χ4n) is 1.74. The van der Waals surface area contributed by atoms with Crippen molar-refractivity contribution in [2.75, 3.05) is 7.11 Å². The monoisotopic (exact) mass is 180 g/mol. The van der Waals surface area contributed by atoms with Crippen LogP contribution >= 0.6 is 0 Å². The molecule has 1 aliphatic rings. The Kier molecular flexibility index (Phi) is 2.63. The largest absolute Gasteiger partial charge is 0.469 e. The summed E-state index contributed by atoms with van der Waals surface area (Å²) in [5.74, 6) is -0.0911. The van der Waals surface area contributed by atoms with E-state index in [4.69, 9.17) is 4.74 Å². The molecule has 0 radical (unpaired) electrons. The number of hydrogen-bond acceptors (Lipinski definition) is 2. The Morgan fingerprint density at radius 2 is 2.31 bits per heavy atom. The van der Waals surface area contributed by atoms with Crippen LogP contribution in [0.2, 0.25) is 0 Å². The van der Waals surface area contributed by atoms with Crippen LogP contribution in [0.15, 0.2) is 17.4 Å². The molecule has 0 aliphatic heterocycles. The highest BCUT2D eigenvalue weighted by Gasteiger charge is 2.48. The summed E-state index contributed by atoms with van der Waals surface area (Å²) in [7, 11) is 1.44. The molecule has 0 spiro atoms. The normalized spacial score (nSPS) is 24.3. The summed E-state index contributed by atoms with van der Waals surface area (Å²) in [5.41, 5.74) is 4.31. The van der Waals surface area contributed by atoms with Crippen molar-refractivity contribution < 1.29 is 9.53 Å². The molecule has 1 fully saturated rings. The second-order valence-corrected chi connectivity index (χ2v) is 3.91. The summed E-state index contributed by atoms with van der Waals surface area (Å²) in [4.78, 5) is 11.3. The molecular weight excluding hydrogens is 164 g/mol. The maximum Gasteiger partial charge on any atom is 0.309 e. The lowest BCUT2D eigenvalue weighted by molar-refractivity contribution is -0.151. The molecule has 2 nitrogen and oxygen atoms in total. The maximum absolute atomic E-state index is 11.3. The quantitative estimate of drug-likeness (QED) is 0.457. The number of carbonyl (C=O) groups is 1. The highest BCUT2D eigenvalue weighted by atomic mass is 16.5. The lowest BCUT2D eigenvalue weighted by Gasteiger charge is -2.44. The lowest BCUT2D eigenvalue weighted by atomic mass is 9.59. The number of allylic oxidation sites excluding steroid dienone is 1. The van der Waals surface area contributed by atoms with E-state index in [2.05, 4.69) is 19.6 Å². The molecular formula is C11H16O2. The van der Waals surface area contributed by atoms with Gasteiger partial charge in [0.2, 0.25) is 0 Å². The second kappa shape index (κ2) is 3.39. The van der Waals surface area contributed by atoms with E-state index in [1.807, 2.05) is 13.0 Å². The van der Waals surface area contributed by atoms with Crippen LogP contribution in [0.25, 0.3) is 0 Å². The molecule has 0 aromatic rings. The Labute approximate surface area is 79.3 Å². The van der Waals surface area contributed by atoms with Crippen molar-refractivity contribution in [3.05, 3.63) is 17.4 Å². The van der Waals surface area contributed by atoms with Gasteiger partial charge in [-0.15, -0.1) is 5.73 Å². The minimum Gasteiger partial charge on any atom is -0.469 e. The Morgan fingerprint density at radius 3 is 2.69 bits per heavy atom. The van der Waals surface area contributed by atoms with Crippen LogP contribution in [0, 0.1) is 11.3 Å². The van der Waals surface area contributed by atoms with E-state index in [1.165, 1.54) is 12.7 Å². The van der Waals surface area contributed by atoms with E-state index in [9.17, 15) is 4.79 Å². The van der Waals surface area contributed by atoms with Gasteiger partial charge in [0.25, 0.3) is 0 Å². The molecule has 0 aromatic heterocycles. The van der Waals surface area contributed by atoms with Gasteiger partial charge in [-0.05, 0) is 25.0 Å². The molecule has 0 saturated heterocycles. The van der Waals surface area contributed by atoms with E-state index in [0.717, 1.165) is 6.42 Å². The van der Waals surface area contributed by atoms with Crippen molar-refractivity contribution in [1.82, 2.24) is 0 Å². The van der Waals surface area contributed by atoms with Gasteiger partial charge in [-0.1, -0.05) is 13.8 Å². The van der Waals surface area contributed by atoms with Gasteiger partial charge in [0.15, 0.2) is 0 Å². The molecule has 0 aromatic carbocycles. The third kappa shape index (κ3) is 1.54. The van der Waals surface area contributed by atoms with E-state index >= 15 is 0 Å². The predicted molar refractivity (Wildman–Crippen MR) is 51.2 cm³/mol. The van der Waals surface area contributed by atoms with Gasteiger partial charge >= 0.3 is 5.97 Å². The second-order valence-electron chi connectivity index (χ2n) is 3.91. The zero-order valence-electron chi connectivity index (χ0n) is 8.68. The van der Waals surface area contributed by atoms with Crippen molar-refractivity contribution in [2.45, 2.75) is 27.2 Å². The summed E-state index contributed by atoms with van der Waals surface area (Å²) in [6.07, 6.45) is 2.69. The van der Waals surface area contributed by atoms with Gasteiger partial charge < -0.3 is 4.74 Å². The average molecular weight is 180 g/mol. The van der Waals surface area contributed by atoms with Crippen LogP contribution in [-0.2, 0) is 9.53 Å². The van der Waals surface area contributed by atoms with E-state index < -0.39 is 0 Å². The topological polar surface area (TPSA) is 26.3 Å². The first-order chi connectivity index (χ1) is 6.04. The highest BCUT2D eigenvalue weighted by molar-refractivity contribution is 5.76. The fraction of sp³-hybridized carbons (Fsp3) is 0.636. The van der Waals surface area contributed by atoms with Gasteiger partial charge in [0.05, 0.1) is 13.0 Å². The molecule has 1 saturated carbocycles. The molecule has 0 N–H and O–H groups in total. The molecule has 2 heteroatoms. The zero-order chi connectivity index (χ0) is 10.1. The van der Waals surface area contributed by atoms with Crippen LogP contribution in [0.3, 0.4) is 0 Å². The fourth-order valence-corrected chi connectivity index (χ4v) is 1.74. The number of methoxy groups -OCH3 is 1.